The third kappa shape index (κ3) is 3.19. The summed E-state index contributed by atoms with van der Waals surface area (Å²) in [6.07, 6.45) is 0.815. The molecule has 0 amide bonds. The fourth-order valence-corrected chi connectivity index (χ4v) is 2.28. The van der Waals surface area contributed by atoms with Crippen LogP contribution in [-0.4, -0.2) is 28.6 Å². The maximum atomic E-state index is 10.7. The summed E-state index contributed by atoms with van der Waals surface area (Å²) in [6, 6.07) is 7.58. The molecule has 114 valence electrons. The van der Waals surface area contributed by atoms with Crippen LogP contribution in [-0.2, 0) is 0 Å². The maximum absolute atomic E-state index is 10.7. The van der Waals surface area contributed by atoms with E-state index in [0.717, 1.165) is 11.3 Å². The predicted molar refractivity (Wildman–Crippen MR) is 80.8 cm³/mol. The van der Waals surface area contributed by atoms with Gasteiger partial charge in [0, 0.05) is 6.04 Å². The van der Waals surface area contributed by atoms with E-state index < -0.39 is 6.10 Å². The molecule has 0 aliphatic heterocycles. The molecule has 1 N–H and O–H groups in total. The van der Waals surface area contributed by atoms with Crippen molar-refractivity contribution in [1.82, 2.24) is 9.78 Å². The number of hydrogen-bond acceptors (Lipinski definition) is 4. The second-order valence-electron chi connectivity index (χ2n) is 5.04. The van der Waals surface area contributed by atoms with E-state index in [9.17, 15) is 5.11 Å². The van der Waals surface area contributed by atoms with Crippen LogP contribution in [0.3, 0.4) is 0 Å². The number of benzene rings is 1. The Labute approximate surface area is 125 Å². The maximum Gasteiger partial charge on any atom is 0.163 e. The van der Waals surface area contributed by atoms with Crippen LogP contribution in [0.25, 0.3) is 0 Å². The fraction of sp³-hybridized carbons (Fsp3) is 0.438. The molecule has 0 saturated heterocycles. The normalized spacial score (nSPS) is 12.5. The highest BCUT2D eigenvalue weighted by Crippen LogP contribution is 2.32. The average molecular weight is 290 g/mol. The number of aliphatic hydroxyl groups is 1. The molecule has 0 aliphatic carbocycles. The molecule has 2 aromatic rings. The number of hydrogen-bond donors (Lipinski definition) is 1. The molecular weight excluding hydrogens is 268 g/mol. The molecule has 1 unspecified atom stereocenters. The minimum Gasteiger partial charge on any atom is -0.494 e. The van der Waals surface area contributed by atoms with Gasteiger partial charge in [0.25, 0.3) is 0 Å². The van der Waals surface area contributed by atoms with Gasteiger partial charge in [0.05, 0.1) is 19.9 Å². The zero-order chi connectivity index (χ0) is 15.4. The van der Waals surface area contributed by atoms with Gasteiger partial charge in [-0.3, -0.25) is 4.68 Å². The van der Waals surface area contributed by atoms with E-state index in [2.05, 4.69) is 5.10 Å². The minimum absolute atomic E-state index is 0.133. The van der Waals surface area contributed by atoms with E-state index in [1.54, 1.807) is 18.0 Å². The van der Waals surface area contributed by atoms with E-state index >= 15 is 0 Å². The molecule has 5 heteroatoms. The number of nitrogens with zero attached hydrogens (tertiary/aromatic N) is 2. The van der Waals surface area contributed by atoms with Gasteiger partial charge in [-0.2, -0.15) is 5.10 Å². The smallest absolute Gasteiger partial charge is 0.163 e. The summed E-state index contributed by atoms with van der Waals surface area (Å²) in [7, 11) is 1.58. The van der Waals surface area contributed by atoms with Crippen LogP contribution in [0.5, 0.6) is 11.5 Å². The van der Waals surface area contributed by atoms with Gasteiger partial charge < -0.3 is 14.6 Å². The lowest BCUT2D eigenvalue weighted by atomic mass is 10.1. The first kappa shape index (κ1) is 15.4. The number of methoxy groups -OCH3 is 1. The van der Waals surface area contributed by atoms with Gasteiger partial charge in [-0.25, -0.2) is 0 Å². The molecule has 0 aliphatic rings. The lowest BCUT2D eigenvalue weighted by Crippen LogP contribution is -2.13. The topological polar surface area (TPSA) is 56.5 Å². The summed E-state index contributed by atoms with van der Waals surface area (Å²) in [5.41, 5.74) is 1.41. The Kier molecular flexibility index (Phi) is 4.85. The summed E-state index contributed by atoms with van der Waals surface area (Å²) in [4.78, 5) is 0. The number of rotatable bonds is 6. The molecule has 5 nitrogen and oxygen atoms in total. The van der Waals surface area contributed by atoms with Crippen LogP contribution in [0.1, 0.15) is 44.2 Å². The first-order valence-corrected chi connectivity index (χ1v) is 7.10. The van der Waals surface area contributed by atoms with Crippen molar-refractivity contribution in [3.05, 3.63) is 41.7 Å². The molecule has 0 fully saturated rings. The van der Waals surface area contributed by atoms with E-state index in [4.69, 9.17) is 9.47 Å². The quantitative estimate of drug-likeness (QED) is 0.888. The summed E-state index contributed by atoms with van der Waals surface area (Å²) < 4.78 is 12.6. The first-order valence-electron chi connectivity index (χ1n) is 7.10. The van der Waals surface area contributed by atoms with Crippen molar-refractivity contribution in [2.45, 2.75) is 32.9 Å². The first-order chi connectivity index (χ1) is 10.1. The Morgan fingerprint density at radius 3 is 2.71 bits per heavy atom. The van der Waals surface area contributed by atoms with Crippen LogP contribution in [0, 0.1) is 0 Å². The Bertz CT molecular complexity index is 593. The van der Waals surface area contributed by atoms with Gasteiger partial charge in [-0.1, -0.05) is 12.1 Å². The molecular formula is C16H22N2O3. The van der Waals surface area contributed by atoms with Crippen molar-refractivity contribution in [2.24, 2.45) is 0 Å². The molecule has 1 heterocycles. The van der Waals surface area contributed by atoms with E-state index in [1.807, 2.05) is 45.0 Å². The van der Waals surface area contributed by atoms with Crippen LogP contribution in [0.4, 0.5) is 0 Å². The van der Waals surface area contributed by atoms with Crippen molar-refractivity contribution >= 4 is 0 Å². The summed E-state index contributed by atoms with van der Waals surface area (Å²) in [5, 5.41) is 15.0. The molecule has 1 aromatic heterocycles. The molecule has 0 bridgehead atoms. The van der Waals surface area contributed by atoms with E-state index in [-0.39, 0.29) is 6.04 Å². The van der Waals surface area contributed by atoms with Crippen LogP contribution in [0.2, 0.25) is 0 Å². The molecule has 0 radical (unpaired) electrons. The van der Waals surface area contributed by atoms with Crippen molar-refractivity contribution < 1.29 is 14.6 Å². The Morgan fingerprint density at radius 1 is 1.33 bits per heavy atom. The molecule has 2 rings (SSSR count). The average Bonchev–Trinajstić information content (AvgIpc) is 2.91. The second kappa shape index (κ2) is 6.63. The van der Waals surface area contributed by atoms with Gasteiger partial charge in [0.15, 0.2) is 5.75 Å². The molecule has 1 atom stereocenters. The highest BCUT2D eigenvalue weighted by molar-refractivity contribution is 5.38. The Hall–Kier alpha value is -2.01. The number of aliphatic hydroxyl groups excluding tert-OH is 1. The van der Waals surface area contributed by atoms with Crippen LogP contribution < -0.4 is 9.47 Å². The predicted octanol–water partition coefficient (Wildman–Crippen LogP) is 2.95. The van der Waals surface area contributed by atoms with Gasteiger partial charge in [-0.05, 0) is 38.5 Å². The number of aromatic nitrogens is 2. The third-order valence-corrected chi connectivity index (χ3v) is 3.25. The lowest BCUT2D eigenvalue weighted by molar-refractivity contribution is 0.199. The van der Waals surface area contributed by atoms with E-state index in [0.29, 0.717) is 18.1 Å². The van der Waals surface area contributed by atoms with Crippen LogP contribution in [0.15, 0.2) is 30.5 Å². The second-order valence-corrected chi connectivity index (χ2v) is 5.04. The monoisotopic (exact) mass is 290 g/mol. The zero-order valence-corrected chi connectivity index (χ0v) is 12.9. The molecule has 0 saturated carbocycles. The zero-order valence-electron chi connectivity index (χ0n) is 12.9. The Morgan fingerprint density at radius 2 is 2.10 bits per heavy atom. The summed E-state index contributed by atoms with van der Waals surface area (Å²) >= 11 is 0. The lowest BCUT2D eigenvalue weighted by Gasteiger charge is -2.18. The van der Waals surface area contributed by atoms with Crippen molar-refractivity contribution in [1.29, 1.82) is 0 Å². The highest BCUT2D eigenvalue weighted by Gasteiger charge is 2.23. The highest BCUT2D eigenvalue weighted by atomic mass is 16.5. The minimum atomic E-state index is -0.815. The Balaban J connectivity index is 2.41. The summed E-state index contributed by atoms with van der Waals surface area (Å²) in [6.45, 7) is 6.55. The SMILES string of the molecule is CCOc1cccc(C(O)c2c(OC)cnn2C(C)C)c1. The third-order valence-electron chi connectivity index (χ3n) is 3.25. The molecule has 1 aromatic carbocycles. The van der Waals surface area contributed by atoms with Crippen molar-refractivity contribution in [2.75, 3.05) is 13.7 Å². The largest absolute Gasteiger partial charge is 0.494 e. The molecule has 21 heavy (non-hydrogen) atoms. The van der Waals surface area contributed by atoms with E-state index in [1.165, 1.54) is 0 Å². The standard InChI is InChI=1S/C16H22N2O3/c1-5-21-13-8-6-7-12(9-13)16(19)15-14(20-4)10-17-18(15)11(2)3/h6-11,16,19H,5H2,1-4H3. The summed E-state index contributed by atoms with van der Waals surface area (Å²) in [5.74, 6) is 1.32. The van der Waals surface area contributed by atoms with Crippen LogP contribution >= 0.6 is 0 Å². The fourth-order valence-electron chi connectivity index (χ4n) is 2.28. The van der Waals surface area contributed by atoms with Crippen molar-refractivity contribution in [3.8, 4) is 11.5 Å². The van der Waals surface area contributed by atoms with Gasteiger partial charge in [-0.15, -0.1) is 0 Å². The van der Waals surface area contributed by atoms with Gasteiger partial charge in [0.2, 0.25) is 0 Å². The van der Waals surface area contributed by atoms with Gasteiger partial charge in [0.1, 0.15) is 17.5 Å². The molecule has 0 spiro atoms. The number of ether oxygens (including phenoxy) is 2. The van der Waals surface area contributed by atoms with Crippen molar-refractivity contribution in [3.63, 3.8) is 0 Å². The van der Waals surface area contributed by atoms with Gasteiger partial charge >= 0.3 is 0 Å².